The highest BCUT2D eigenvalue weighted by atomic mass is 32.2. The summed E-state index contributed by atoms with van der Waals surface area (Å²) in [4.78, 5) is 36.4. The highest BCUT2D eigenvalue weighted by molar-refractivity contribution is 8.03. The molecule has 3 aliphatic heterocycles. The predicted molar refractivity (Wildman–Crippen MR) is 90.1 cm³/mol. The number of sulfone groups is 1. The Morgan fingerprint density at radius 3 is 2.69 bits per heavy atom. The second kappa shape index (κ2) is 6.54. The van der Waals surface area contributed by atoms with Crippen molar-refractivity contribution in [3.8, 4) is 0 Å². The number of nitrogens with one attached hydrogen (secondary N) is 1. The Hall–Kier alpha value is -1.59. The van der Waals surface area contributed by atoms with E-state index in [2.05, 4.69) is 5.32 Å². The number of thioether (sulfide) groups is 1. The highest BCUT2D eigenvalue weighted by Crippen LogP contribution is 2.51. The van der Waals surface area contributed by atoms with Crippen LogP contribution in [0.4, 0.5) is 0 Å². The van der Waals surface area contributed by atoms with Crippen LogP contribution in [-0.2, 0) is 24.2 Å². The standard InChI is InChI=1S/C15H20N2O7S2/c1-8(18)16-3-4-25-10-6-9-11(13(19)17(9)12(10)14(20)21)15(22)2-5-26(23,24)7-15/h9,11,22H,2-7H2,1H3,(H,16,18)(H,20,21)/p-1/t9-,11+,15?/m1/s1. The number of amides is 2. The largest absolute Gasteiger partial charge is 0.543 e. The summed E-state index contributed by atoms with van der Waals surface area (Å²) in [6, 6.07) is -0.572. The summed E-state index contributed by atoms with van der Waals surface area (Å²) in [5, 5.41) is 24.8. The molecule has 3 rings (SSSR count). The van der Waals surface area contributed by atoms with Gasteiger partial charge in [-0.15, -0.1) is 11.8 Å². The Kier molecular flexibility index (Phi) is 4.82. The summed E-state index contributed by atoms with van der Waals surface area (Å²) in [7, 11) is -3.40. The molecule has 3 heterocycles. The lowest BCUT2D eigenvalue weighted by atomic mass is 9.74. The minimum atomic E-state index is -3.40. The minimum absolute atomic E-state index is 0.0260. The number of hydrogen-bond acceptors (Lipinski definition) is 8. The fraction of sp³-hybridized carbons (Fsp3) is 0.667. The average Bonchev–Trinajstić information content (AvgIpc) is 2.98. The molecule has 2 fully saturated rings. The van der Waals surface area contributed by atoms with Gasteiger partial charge >= 0.3 is 0 Å². The Balaban J connectivity index is 1.74. The van der Waals surface area contributed by atoms with Gasteiger partial charge in [0.05, 0.1) is 40.7 Å². The molecule has 0 aromatic carbocycles. The van der Waals surface area contributed by atoms with Crippen molar-refractivity contribution < 1.29 is 33.0 Å². The lowest BCUT2D eigenvalue weighted by Gasteiger charge is -2.49. The molecule has 0 aliphatic carbocycles. The zero-order valence-electron chi connectivity index (χ0n) is 14.1. The van der Waals surface area contributed by atoms with Crippen LogP contribution in [-0.4, -0.2) is 71.7 Å². The summed E-state index contributed by atoms with van der Waals surface area (Å²) in [6.45, 7) is 1.71. The van der Waals surface area contributed by atoms with Crippen LogP contribution in [0.1, 0.15) is 19.8 Å². The van der Waals surface area contributed by atoms with Gasteiger partial charge < -0.3 is 25.2 Å². The monoisotopic (exact) mass is 403 g/mol. The van der Waals surface area contributed by atoms with E-state index in [0.29, 0.717) is 17.2 Å². The lowest BCUT2D eigenvalue weighted by Crippen LogP contribution is -2.67. The van der Waals surface area contributed by atoms with Gasteiger partial charge in [-0.1, -0.05) is 0 Å². The number of nitrogens with zero attached hydrogens (tertiary/aromatic N) is 1. The predicted octanol–water partition coefficient (Wildman–Crippen LogP) is -2.40. The zero-order chi connectivity index (χ0) is 19.3. The van der Waals surface area contributed by atoms with Crippen molar-refractivity contribution in [3.63, 3.8) is 0 Å². The first-order valence-corrected chi connectivity index (χ1v) is 10.9. The second-order valence-electron chi connectivity index (χ2n) is 6.79. The van der Waals surface area contributed by atoms with Gasteiger partial charge in [-0.05, 0) is 6.42 Å². The molecule has 26 heavy (non-hydrogen) atoms. The van der Waals surface area contributed by atoms with Crippen molar-refractivity contribution in [3.05, 3.63) is 10.6 Å². The number of fused-ring (bicyclic) bond motifs is 1. The zero-order valence-corrected chi connectivity index (χ0v) is 15.7. The summed E-state index contributed by atoms with van der Waals surface area (Å²) < 4.78 is 23.4. The molecular formula is C15H19N2O7S2-. The van der Waals surface area contributed by atoms with E-state index >= 15 is 0 Å². The molecule has 11 heteroatoms. The van der Waals surface area contributed by atoms with E-state index < -0.39 is 45.0 Å². The fourth-order valence-corrected chi connectivity index (χ4v) is 6.83. The summed E-state index contributed by atoms with van der Waals surface area (Å²) >= 11 is 1.21. The number of carboxylic acid groups (broad SMARTS) is 1. The molecule has 2 saturated heterocycles. The van der Waals surface area contributed by atoms with E-state index in [1.54, 1.807) is 0 Å². The van der Waals surface area contributed by atoms with Gasteiger partial charge in [-0.25, -0.2) is 8.42 Å². The van der Waals surface area contributed by atoms with E-state index in [4.69, 9.17) is 0 Å². The van der Waals surface area contributed by atoms with Gasteiger partial charge in [0, 0.05) is 30.5 Å². The normalized spacial score (nSPS) is 32.4. The molecule has 0 bridgehead atoms. The van der Waals surface area contributed by atoms with Crippen molar-refractivity contribution in [1.29, 1.82) is 0 Å². The van der Waals surface area contributed by atoms with Crippen molar-refractivity contribution in [2.24, 2.45) is 5.92 Å². The summed E-state index contributed by atoms with van der Waals surface area (Å²) in [6.07, 6.45) is 0.203. The van der Waals surface area contributed by atoms with E-state index in [1.165, 1.54) is 18.7 Å². The molecular weight excluding hydrogens is 384 g/mol. The SMILES string of the molecule is CC(=O)NCCSC1=C(C(=O)[O-])N2C(=O)[C@@H](C3(O)CCS(=O)(=O)C3)[C@H]2C1. The number of rotatable bonds is 6. The number of carbonyl (C=O) groups is 3. The number of carboxylic acids is 1. The molecule has 144 valence electrons. The molecule has 3 atom stereocenters. The molecule has 0 radical (unpaired) electrons. The maximum Gasteiger partial charge on any atom is 0.235 e. The third-order valence-electron chi connectivity index (χ3n) is 4.96. The Morgan fingerprint density at radius 2 is 2.15 bits per heavy atom. The first kappa shape index (κ1) is 19.2. The van der Waals surface area contributed by atoms with Gasteiger partial charge in [0.2, 0.25) is 11.8 Å². The Bertz CT molecular complexity index is 807. The highest BCUT2D eigenvalue weighted by Gasteiger charge is 2.63. The van der Waals surface area contributed by atoms with Crippen LogP contribution in [0.5, 0.6) is 0 Å². The minimum Gasteiger partial charge on any atom is -0.543 e. The topological polar surface area (TPSA) is 144 Å². The van der Waals surface area contributed by atoms with Gasteiger partial charge in [0.25, 0.3) is 0 Å². The maximum absolute atomic E-state index is 12.5. The Labute approximate surface area is 154 Å². The van der Waals surface area contributed by atoms with Crippen molar-refractivity contribution in [2.45, 2.75) is 31.4 Å². The van der Waals surface area contributed by atoms with Crippen LogP contribution in [0.25, 0.3) is 0 Å². The molecule has 2 amide bonds. The number of carbonyl (C=O) groups excluding carboxylic acids is 3. The van der Waals surface area contributed by atoms with E-state index in [0.717, 1.165) is 4.90 Å². The van der Waals surface area contributed by atoms with Crippen LogP contribution in [0, 0.1) is 5.92 Å². The third kappa shape index (κ3) is 3.23. The molecule has 9 nitrogen and oxygen atoms in total. The van der Waals surface area contributed by atoms with Gasteiger partial charge in [-0.2, -0.15) is 0 Å². The van der Waals surface area contributed by atoms with Crippen LogP contribution in [0.15, 0.2) is 10.6 Å². The van der Waals surface area contributed by atoms with E-state index in [9.17, 15) is 33.0 Å². The third-order valence-corrected chi connectivity index (χ3v) is 7.84. The van der Waals surface area contributed by atoms with Crippen molar-refractivity contribution >= 4 is 39.4 Å². The number of hydrogen-bond donors (Lipinski definition) is 2. The van der Waals surface area contributed by atoms with E-state index in [-0.39, 0.29) is 30.2 Å². The van der Waals surface area contributed by atoms with Crippen molar-refractivity contribution in [1.82, 2.24) is 10.2 Å². The first-order chi connectivity index (χ1) is 12.1. The maximum atomic E-state index is 12.5. The van der Waals surface area contributed by atoms with Crippen LogP contribution >= 0.6 is 11.8 Å². The summed E-state index contributed by atoms with van der Waals surface area (Å²) in [5.74, 6) is -3.43. The van der Waals surface area contributed by atoms with Crippen molar-refractivity contribution in [2.75, 3.05) is 23.8 Å². The quantitative estimate of drug-likeness (QED) is 0.369. The number of aliphatic hydroxyl groups is 1. The molecule has 0 spiro atoms. The fourth-order valence-electron chi connectivity index (χ4n) is 3.88. The Morgan fingerprint density at radius 1 is 1.46 bits per heavy atom. The van der Waals surface area contributed by atoms with Crippen LogP contribution in [0.2, 0.25) is 0 Å². The van der Waals surface area contributed by atoms with Crippen LogP contribution in [0.3, 0.4) is 0 Å². The van der Waals surface area contributed by atoms with Gasteiger partial charge in [-0.3, -0.25) is 9.59 Å². The molecule has 0 aromatic rings. The number of β-lactam (4-membered cyclic amide) rings is 1. The van der Waals surface area contributed by atoms with Crippen LogP contribution < -0.4 is 10.4 Å². The molecule has 2 N–H and O–H groups in total. The molecule has 0 aromatic heterocycles. The van der Waals surface area contributed by atoms with Gasteiger partial charge in [0.1, 0.15) is 0 Å². The van der Waals surface area contributed by atoms with Gasteiger partial charge in [0.15, 0.2) is 9.84 Å². The number of aliphatic carboxylic acids is 1. The summed E-state index contributed by atoms with van der Waals surface area (Å²) in [5.41, 5.74) is -1.86. The first-order valence-electron chi connectivity index (χ1n) is 8.13. The molecule has 3 aliphatic rings. The average molecular weight is 403 g/mol. The second-order valence-corrected chi connectivity index (χ2v) is 10.2. The molecule has 0 saturated carbocycles. The molecule has 1 unspecified atom stereocenters. The smallest absolute Gasteiger partial charge is 0.235 e. The van der Waals surface area contributed by atoms with E-state index in [1.807, 2.05) is 0 Å². The lowest BCUT2D eigenvalue weighted by molar-refractivity contribution is -0.301.